The van der Waals surface area contributed by atoms with Crippen LogP contribution in [0.3, 0.4) is 0 Å². The number of fused-ring (bicyclic) bond motifs is 1. The molecule has 1 aromatic carbocycles. The Morgan fingerprint density at radius 2 is 2.07 bits per heavy atom. The van der Waals surface area contributed by atoms with Gasteiger partial charge in [-0.2, -0.15) is 0 Å². The van der Waals surface area contributed by atoms with Crippen molar-refractivity contribution in [2.45, 2.75) is 37.9 Å². The second-order valence-electron chi connectivity index (χ2n) is 6.21. The Balaban J connectivity index is 1.61. The van der Waals surface area contributed by atoms with Gasteiger partial charge in [0.15, 0.2) is 5.16 Å². The number of thiophene rings is 1. The Labute approximate surface area is 166 Å². The van der Waals surface area contributed by atoms with Crippen molar-refractivity contribution in [2.75, 3.05) is 12.3 Å². The molecule has 0 aliphatic carbocycles. The van der Waals surface area contributed by atoms with Gasteiger partial charge < -0.3 is 5.32 Å². The number of carbonyl (C=O) groups is 1. The second kappa shape index (κ2) is 9.71. The molecule has 0 spiro atoms. The van der Waals surface area contributed by atoms with Gasteiger partial charge in [-0.25, -0.2) is 4.98 Å². The molecule has 0 fully saturated rings. The maximum absolute atomic E-state index is 12.7. The van der Waals surface area contributed by atoms with Crippen LogP contribution in [0, 0.1) is 0 Å². The summed E-state index contributed by atoms with van der Waals surface area (Å²) in [7, 11) is 0. The predicted octanol–water partition coefficient (Wildman–Crippen LogP) is 3.71. The lowest BCUT2D eigenvalue weighted by Gasteiger charge is -2.11. The highest BCUT2D eigenvalue weighted by atomic mass is 32.2. The number of nitrogens with one attached hydrogen (secondary N) is 1. The van der Waals surface area contributed by atoms with Gasteiger partial charge in [0.1, 0.15) is 4.70 Å². The van der Waals surface area contributed by atoms with Crippen molar-refractivity contribution in [3.05, 3.63) is 57.7 Å². The molecule has 0 atom stereocenters. The van der Waals surface area contributed by atoms with Crippen molar-refractivity contribution in [3.8, 4) is 0 Å². The van der Waals surface area contributed by atoms with E-state index < -0.39 is 0 Å². The number of benzene rings is 1. The van der Waals surface area contributed by atoms with Gasteiger partial charge in [-0.1, -0.05) is 55.4 Å². The van der Waals surface area contributed by atoms with E-state index in [1.165, 1.54) is 28.7 Å². The molecule has 2 heterocycles. The number of hydrogen-bond donors (Lipinski definition) is 1. The molecule has 0 radical (unpaired) electrons. The Morgan fingerprint density at radius 3 is 2.85 bits per heavy atom. The Bertz CT molecular complexity index is 951. The van der Waals surface area contributed by atoms with Crippen molar-refractivity contribution < 1.29 is 4.79 Å². The summed E-state index contributed by atoms with van der Waals surface area (Å²) in [5.74, 6) is 0.209. The van der Waals surface area contributed by atoms with E-state index in [1.807, 2.05) is 41.8 Å². The van der Waals surface area contributed by atoms with Crippen molar-refractivity contribution in [1.29, 1.82) is 0 Å². The predicted molar refractivity (Wildman–Crippen MR) is 113 cm³/mol. The number of amides is 1. The largest absolute Gasteiger partial charge is 0.355 e. The van der Waals surface area contributed by atoms with Crippen LogP contribution < -0.4 is 10.9 Å². The van der Waals surface area contributed by atoms with Crippen LogP contribution >= 0.6 is 23.1 Å². The minimum atomic E-state index is -0.0439. The number of nitrogens with zero attached hydrogens (tertiary/aromatic N) is 2. The molecule has 3 rings (SSSR count). The average molecular weight is 402 g/mol. The lowest BCUT2D eigenvalue weighted by atomic mass is 10.1. The van der Waals surface area contributed by atoms with Crippen molar-refractivity contribution in [3.63, 3.8) is 0 Å². The van der Waals surface area contributed by atoms with Crippen LogP contribution in [0.25, 0.3) is 10.2 Å². The van der Waals surface area contributed by atoms with E-state index in [4.69, 9.17) is 0 Å². The highest BCUT2D eigenvalue weighted by molar-refractivity contribution is 7.99. The summed E-state index contributed by atoms with van der Waals surface area (Å²) in [5.41, 5.74) is 1.91. The summed E-state index contributed by atoms with van der Waals surface area (Å²) in [6.45, 7) is 3.33. The van der Waals surface area contributed by atoms with E-state index in [2.05, 4.69) is 17.2 Å². The molecule has 3 aromatic rings. The second-order valence-corrected chi connectivity index (χ2v) is 8.07. The molecule has 1 N–H and O–H groups in total. The number of hydrogen-bond acceptors (Lipinski definition) is 5. The van der Waals surface area contributed by atoms with Gasteiger partial charge >= 0.3 is 0 Å². The smallest absolute Gasteiger partial charge is 0.272 e. The van der Waals surface area contributed by atoms with Gasteiger partial charge in [0.2, 0.25) is 5.91 Å². The summed E-state index contributed by atoms with van der Waals surface area (Å²) in [6.07, 6.45) is 2.71. The molecule has 0 saturated carbocycles. The first kappa shape index (κ1) is 19.6. The van der Waals surface area contributed by atoms with Gasteiger partial charge in [0.25, 0.3) is 5.56 Å². The molecule has 0 aliphatic rings. The minimum Gasteiger partial charge on any atom is -0.355 e. The van der Waals surface area contributed by atoms with Crippen molar-refractivity contribution >= 4 is 39.2 Å². The van der Waals surface area contributed by atoms with E-state index in [9.17, 15) is 9.59 Å². The fourth-order valence-electron chi connectivity index (χ4n) is 2.72. The molecule has 7 heteroatoms. The van der Waals surface area contributed by atoms with Crippen LogP contribution in [0.4, 0.5) is 0 Å². The Morgan fingerprint density at radius 1 is 1.26 bits per heavy atom. The van der Waals surface area contributed by atoms with Crippen molar-refractivity contribution in [1.82, 2.24) is 14.9 Å². The van der Waals surface area contributed by atoms with E-state index in [0.717, 1.165) is 19.3 Å². The van der Waals surface area contributed by atoms with Crippen LogP contribution in [0.15, 0.2) is 51.7 Å². The molecule has 2 aromatic heterocycles. The standard InChI is InChI=1S/C20H23N3O2S2/c1-2-3-12-23-19(25)18-16(10-13-26-18)22-20(23)27-14-17(24)21-11-9-15-7-5-4-6-8-15/h4-8,10,13H,2-3,9,11-12,14H2,1H3,(H,21,24). The van der Waals surface area contributed by atoms with Crippen LogP contribution in [-0.4, -0.2) is 27.8 Å². The van der Waals surface area contributed by atoms with Gasteiger partial charge in [0, 0.05) is 13.1 Å². The molecule has 27 heavy (non-hydrogen) atoms. The van der Waals surface area contributed by atoms with E-state index >= 15 is 0 Å². The first-order valence-corrected chi connectivity index (χ1v) is 11.0. The van der Waals surface area contributed by atoms with E-state index in [-0.39, 0.29) is 17.2 Å². The Kier molecular flexibility index (Phi) is 7.06. The van der Waals surface area contributed by atoms with Gasteiger partial charge in [-0.3, -0.25) is 14.2 Å². The van der Waals surface area contributed by atoms with Crippen molar-refractivity contribution in [2.24, 2.45) is 0 Å². The summed E-state index contributed by atoms with van der Waals surface area (Å²) in [4.78, 5) is 29.5. The van der Waals surface area contributed by atoms with E-state index in [1.54, 1.807) is 4.57 Å². The minimum absolute atomic E-state index is 0.00423. The molecule has 142 valence electrons. The molecule has 0 aliphatic heterocycles. The quantitative estimate of drug-likeness (QED) is 0.439. The topological polar surface area (TPSA) is 64.0 Å². The lowest BCUT2D eigenvalue weighted by molar-refractivity contribution is -0.118. The highest BCUT2D eigenvalue weighted by Crippen LogP contribution is 2.21. The molecule has 0 unspecified atom stereocenters. The Hall–Kier alpha value is -2.12. The summed E-state index contributed by atoms with van der Waals surface area (Å²) < 4.78 is 2.40. The lowest BCUT2D eigenvalue weighted by Crippen LogP contribution is -2.28. The van der Waals surface area contributed by atoms with Gasteiger partial charge in [-0.05, 0) is 29.9 Å². The van der Waals surface area contributed by atoms with Gasteiger partial charge in [-0.15, -0.1) is 11.3 Å². The zero-order chi connectivity index (χ0) is 19.1. The highest BCUT2D eigenvalue weighted by Gasteiger charge is 2.13. The average Bonchev–Trinajstić information content (AvgIpc) is 3.15. The SMILES string of the molecule is CCCCn1c(SCC(=O)NCCc2ccccc2)nc2ccsc2c1=O. The van der Waals surface area contributed by atoms with Crippen LogP contribution in [0.1, 0.15) is 25.3 Å². The third-order valence-electron chi connectivity index (χ3n) is 4.18. The summed E-state index contributed by atoms with van der Waals surface area (Å²) >= 11 is 2.75. The maximum Gasteiger partial charge on any atom is 0.272 e. The third kappa shape index (κ3) is 5.20. The molecule has 1 amide bonds. The van der Waals surface area contributed by atoms with Crippen LogP contribution in [0.2, 0.25) is 0 Å². The number of rotatable bonds is 9. The molecular weight excluding hydrogens is 378 g/mol. The molecule has 5 nitrogen and oxygen atoms in total. The fourth-order valence-corrected chi connectivity index (χ4v) is 4.35. The molecule has 0 bridgehead atoms. The monoisotopic (exact) mass is 401 g/mol. The number of aromatic nitrogens is 2. The number of thioether (sulfide) groups is 1. The molecular formula is C20H23N3O2S2. The maximum atomic E-state index is 12.7. The number of carbonyl (C=O) groups excluding carboxylic acids is 1. The summed E-state index contributed by atoms with van der Waals surface area (Å²) in [5, 5.41) is 5.44. The van der Waals surface area contributed by atoms with Crippen LogP contribution in [-0.2, 0) is 17.8 Å². The van der Waals surface area contributed by atoms with E-state index in [0.29, 0.717) is 28.5 Å². The van der Waals surface area contributed by atoms with Gasteiger partial charge in [0.05, 0.1) is 11.3 Å². The third-order valence-corrected chi connectivity index (χ3v) is 6.05. The summed E-state index contributed by atoms with van der Waals surface area (Å²) in [6, 6.07) is 11.9. The zero-order valence-electron chi connectivity index (χ0n) is 15.3. The first-order valence-electron chi connectivity index (χ1n) is 9.10. The first-order chi connectivity index (χ1) is 13.2. The normalized spacial score (nSPS) is 11.0. The zero-order valence-corrected chi connectivity index (χ0v) is 16.9. The molecule has 0 saturated heterocycles. The van der Waals surface area contributed by atoms with Crippen LogP contribution in [0.5, 0.6) is 0 Å². The number of unbranched alkanes of at least 4 members (excludes halogenated alkanes) is 1. The fraction of sp³-hybridized carbons (Fsp3) is 0.350.